The standard InChI is InChI=1S/C6H4NO2.C6H10O7.Sb/c8-7(9)6-4-2-1-3-5-6;7-1-2(8)3(9)4(10)5(11)6(12)13;/h2-5H;2-5,7,10-11H,1H2,(H,12,13);/q;-2;+2. The van der Waals surface area contributed by atoms with Crippen molar-refractivity contribution in [3.63, 3.8) is 0 Å². The molecule has 1 aliphatic heterocycles. The summed E-state index contributed by atoms with van der Waals surface area (Å²) in [6, 6.07) is 5.46. The van der Waals surface area contributed by atoms with Crippen LogP contribution in [0.15, 0.2) is 24.3 Å². The summed E-state index contributed by atoms with van der Waals surface area (Å²) in [6.07, 6.45) is -6.01. The van der Waals surface area contributed by atoms with Crippen molar-refractivity contribution >= 4 is 36.2 Å². The number of rotatable bonds is 6. The van der Waals surface area contributed by atoms with Crippen LogP contribution >= 0.6 is 0 Å². The van der Waals surface area contributed by atoms with E-state index in [4.69, 9.17) is 11.1 Å². The molecule has 0 radical (unpaired) electrons. The van der Waals surface area contributed by atoms with Gasteiger partial charge in [-0.2, -0.15) is 0 Å². The number of carboxylic acid groups (broad SMARTS) is 1. The van der Waals surface area contributed by atoms with Crippen LogP contribution in [0.2, 0.25) is 0 Å². The quantitative estimate of drug-likeness (QED) is 0.221. The molecule has 0 bridgehead atoms. The number of benzene rings is 1. The number of aliphatic hydroxyl groups is 3. The molecular weight excluding hydrogens is 424 g/mol. The van der Waals surface area contributed by atoms with Crippen LogP contribution in [0.1, 0.15) is 0 Å². The van der Waals surface area contributed by atoms with Gasteiger partial charge in [-0.25, -0.2) is 0 Å². The number of nitro benzene ring substituents is 1. The third-order valence-corrected chi connectivity index (χ3v) is 7.79. The van der Waals surface area contributed by atoms with Crippen molar-refractivity contribution in [3.8, 4) is 0 Å². The number of aliphatic hydroxyl groups excluding tert-OH is 3. The fourth-order valence-corrected chi connectivity index (χ4v) is 6.52. The first kappa shape index (κ1) is 18.1. The maximum absolute atomic E-state index is 10.7. The van der Waals surface area contributed by atoms with Crippen molar-refractivity contribution in [1.82, 2.24) is 0 Å². The van der Waals surface area contributed by atoms with E-state index in [0.717, 1.165) is 0 Å². The van der Waals surface area contributed by atoms with Crippen molar-refractivity contribution in [2.24, 2.45) is 0 Å². The van der Waals surface area contributed by atoms with Gasteiger partial charge in [0.15, 0.2) is 0 Å². The SMILES string of the molecule is O=C(O)C(O)C(O)C1[O][Sb]([c]2ccc([N+](=O)[O-])cc2)[O]C1CO. The number of non-ortho nitro benzene ring substituents is 1. The summed E-state index contributed by atoms with van der Waals surface area (Å²) < 4.78 is 11.6. The topological polar surface area (TPSA) is 160 Å². The molecule has 1 fully saturated rings. The average molecular weight is 438 g/mol. The van der Waals surface area contributed by atoms with Crippen molar-refractivity contribution in [3.05, 3.63) is 34.4 Å². The molecule has 1 aromatic carbocycles. The third kappa shape index (κ3) is 3.97. The normalized spacial score (nSPS) is 24.3. The zero-order valence-electron chi connectivity index (χ0n) is 11.6. The fraction of sp³-hybridized carbons (Fsp3) is 0.417. The second-order valence-electron chi connectivity index (χ2n) is 4.70. The van der Waals surface area contributed by atoms with E-state index < -0.39 is 63.0 Å². The Morgan fingerprint density at radius 3 is 2.39 bits per heavy atom. The van der Waals surface area contributed by atoms with E-state index in [-0.39, 0.29) is 5.69 Å². The molecule has 2 rings (SSSR count). The van der Waals surface area contributed by atoms with Crippen LogP contribution in [0.5, 0.6) is 0 Å². The summed E-state index contributed by atoms with van der Waals surface area (Å²) in [6.45, 7) is -0.526. The summed E-state index contributed by atoms with van der Waals surface area (Å²) in [5.41, 5.74) is -0.106. The van der Waals surface area contributed by atoms with E-state index in [1.165, 1.54) is 24.3 Å². The van der Waals surface area contributed by atoms with Gasteiger partial charge in [0.1, 0.15) is 0 Å². The third-order valence-electron chi connectivity index (χ3n) is 3.18. The molecule has 0 aromatic heterocycles. The first-order chi connectivity index (χ1) is 10.8. The van der Waals surface area contributed by atoms with E-state index in [2.05, 4.69) is 0 Å². The van der Waals surface area contributed by atoms with Gasteiger partial charge in [0, 0.05) is 0 Å². The Hall–Kier alpha value is -1.29. The predicted octanol–water partition coefficient (Wildman–Crippen LogP) is -2.13. The molecule has 126 valence electrons. The molecule has 4 unspecified atom stereocenters. The maximum atomic E-state index is 10.7. The van der Waals surface area contributed by atoms with Crippen molar-refractivity contribution in [2.75, 3.05) is 6.61 Å². The summed E-state index contributed by atoms with van der Waals surface area (Å²) in [7, 11) is 0. The Morgan fingerprint density at radius 2 is 1.91 bits per heavy atom. The van der Waals surface area contributed by atoms with Gasteiger partial charge in [-0.05, 0) is 0 Å². The molecule has 0 saturated carbocycles. The Balaban J connectivity index is 2.14. The van der Waals surface area contributed by atoms with Gasteiger partial charge in [-0.1, -0.05) is 0 Å². The van der Waals surface area contributed by atoms with Crippen LogP contribution in [0.25, 0.3) is 0 Å². The van der Waals surface area contributed by atoms with Gasteiger partial charge in [0.05, 0.1) is 0 Å². The summed E-state index contributed by atoms with van der Waals surface area (Å²) in [5.74, 6) is -1.62. The van der Waals surface area contributed by atoms with Gasteiger partial charge in [-0.3, -0.25) is 0 Å². The Morgan fingerprint density at radius 1 is 1.30 bits per heavy atom. The molecule has 4 atom stereocenters. The second kappa shape index (κ2) is 7.52. The van der Waals surface area contributed by atoms with E-state index in [0.29, 0.717) is 3.51 Å². The molecule has 0 amide bonds. The van der Waals surface area contributed by atoms with Crippen molar-refractivity contribution < 1.29 is 36.2 Å². The summed E-state index contributed by atoms with van der Waals surface area (Å²) in [4.78, 5) is 20.8. The molecule has 1 aromatic rings. The molecule has 1 heterocycles. The molecule has 4 N–H and O–H groups in total. The number of hydrogen-bond acceptors (Lipinski definition) is 8. The number of hydrogen-bond donors (Lipinski definition) is 4. The molecule has 10 nitrogen and oxygen atoms in total. The number of aliphatic carboxylic acids is 1. The zero-order chi connectivity index (χ0) is 17.1. The van der Waals surface area contributed by atoms with Crippen LogP contribution in [0.3, 0.4) is 0 Å². The Kier molecular flexibility index (Phi) is 5.90. The minimum atomic E-state index is -3.09. The van der Waals surface area contributed by atoms with Gasteiger partial charge in [0.2, 0.25) is 0 Å². The van der Waals surface area contributed by atoms with Gasteiger partial charge >= 0.3 is 138 Å². The zero-order valence-corrected chi connectivity index (χ0v) is 14.1. The van der Waals surface area contributed by atoms with Gasteiger partial charge < -0.3 is 0 Å². The van der Waals surface area contributed by atoms with E-state index in [1.54, 1.807) is 0 Å². The van der Waals surface area contributed by atoms with Crippen molar-refractivity contribution in [1.29, 1.82) is 0 Å². The molecular formula is C12H14NO9Sb. The minimum absolute atomic E-state index is 0.106. The number of carbonyl (C=O) groups is 1. The van der Waals surface area contributed by atoms with E-state index in [9.17, 15) is 30.2 Å². The van der Waals surface area contributed by atoms with Gasteiger partial charge in [-0.15, -0.1) is 0 Å². The average Bonchev–Trinajstić information content (AvgIpc) is 2.97. The van der Waals surface area contributed by atoms with Crippen LogP contribution in [-0.2, 0) is 10.8 Å². The first-order valence-corrected chi connectivity index (χ1v) is 9.79. The molecule has 11 heteroatoms. The molecule has 0 spiro atoms. The van der Waals surface area contributed by atoms with Crippen LogP contribution in [-0.4, -0.2) is 83.4 Å². The fourth-order valence-electron chi connectivity index (χ4n) is 1.95. The molecule has 0 aliphatic carbocycles. The van der Waals surface area contributed by atoms with Crippen molar-refractivity contribution in [2.45, 2.75) is 24.4 Å². The van der Waals surface area contributed by atoms with E-state index in [1.807, 2.05) is 0 Å². The second-order valence-corrected chi connectivity index (χ2v) is 8.85. The first-order valence-electron chi connectivity index (χ1n) is 6.43. The monoisotopic (exact) mass is 437 g/mol. The van der Waals surface area contributed by atoms with E-state index >= 15 is 0 Å². The van der Waals surface area contributed by atoms with Crippen LogP contribution < -0.4 is 3.51 Å². The number of nitro groups is 1. The molecule has 1 aliphatic rings. The Bertz CT molecular complexity index is 580. The number of carboxylic acids is 1. The predicted molar refractivity (Wildman–Crippen MR) is 75.0 cm³/mol. The molecule has 1 saturated heterocycles. The van der Waals surface area contributed by atoms with Gasteiger partial charge in [0.25, 0.3) is 0 Å². The Labute approximate surface area is 138 Å². The summed E-state index contributed by atoms with van der Waals surface area (Å²) in [5, 5.41) is 47.9. The van der Waals surface area contributed by atoms with Crippen LogP contribution in [0.4, 0.5) is 5.69 Å². The molecule has 23 heavy (non-hydrogen) atoms. The number of nitrogens with zero attached hydrogens (tertiary/aromatic N) is 1. The summed E-state index contributed by atoms with van der Waals surface area (Å²) >= 11 is -3.09. The van der Waals surface area contributed by atoms with Crippen LogP contribution in [0, 0.1) is 10.1 Å².